The van der Waals surface area contributed by atoms with Crippen LogP contribution in [0.2, 0.25) is 10.0 Å². The van der Waals surface area contributed by atoms with E-state index < -0.39 is 20.7 Å². The normalized spacial score (nSPS) is 18.7. The summed E-state index contributed by atoms with van der Waals surface area (Å²) in [5.74, 6) is 0. The average Bonchev–Trinajstić information content (AvgIpc) is 2.74. The maximum atomic E-state index is 13.1. The number of sulfone groups is 1. The van der Waals surface area contributed by atoms with E-state index in [4.69, 9.17) is 23.2 Å². The van der Waals surface area contributed by atoms with E-state index in [2.05, 4.69) is 9.80 Å². The molecule has 184 valence electrons. The summed E-state index contributed by atoms with van der Waals surface area (Å²) in [6.07, 6.45) is 2.31. The zero-order chi connectivity index (χ0) is 24.8. The van der Waals surface area contributed by atoms with Crippen LogP contribution in [0.1, 0.15) is 34.4 Å². The van der Waals surface area contributed by atoms with Gasteiger partial charge in [-0.15, -0.1) is 0 Å². The van der Waals surface area contributed by atoms with Crippen LogP contribution in [0, 0.1) is 0 Å². The summed E-state index contributed by atoms with van der Waals surface area (Å²) in [5, 5.41) is 12.0. The molecule has 0 saturated carbocycles. The van der Waals surface area contributed by atoms with Crippen LogP contribution in [-0.2, 0) is 9.84 Å². The standard InChI is InChI=1S/C27H28Cl2N2O3S/c1-35(33,34)26(23-5-2-3-6-24(23)30-15-4-16-30)27(32)17-31(18-27)25(19-7-11-21(28)12-8-19)20-9-13-22(29)14-10-20/h2-3,5-14,25-26,32H,4,15-18H2,1H3. The second-order valence-corrected chi connectivity index (χ2v) is 12.6. The fourth-order valence-electron chi connectivity index (χ4n) is 5.38. The van der Waals surface area contributed by atoms with E-state index in [1.807, 2.05) is 72.8 Å². The highest BCUT2D eigenvalue weighted by Crippen LogP contribution is 2.47. The second kappa shape index (κ2) is 9.41. The van der Waals surface area contributed by atoms with Crippen LogP contribution >= 0.6 is 23.2 Å². The molecule has 2 aliphatic heterocycles. The molecule has 5 rings (SSSR count). The van der Waals surface area contributed by atoms with Gasteiger partial charge in [-0.25, -0.2) is 8.42 Å². The SMILES string of the molecule is CS(=O)(=O)C(c1ccccc1N1CCC1)C1(O)CN(C(c2ccc(Cl)cc2)c2ccc(Cl)cc2)C1. The Labute approximate surface area is 216 Å². The van der Waals surface area contributed by atoms with Crippen LogP contribution in [0.25, 0.3) is 0 Å². The third kappa shape index (κ3) is 4.83. The van der Waals surface area contributed by atoms with Crippen molar-refractivity contribution >= 4 is 38.7 Å². The van der Waals surface area contributed by atoms with Crippen LogP contribution in [0.4, 0.5) is 5.69 Å². The second-order valence-electron chi connectivity index (χ2n) is 9.62. The zero-order valence-electron chi connectivity index (χ0n) is 19.4. The molecule has 2 saturated heterocycles. The molecule has 2 heterocycles. The van der Waals surface area contributed by atoms with Gasteiger partial charge in [0.1, 0.15) is 10.9 Å². The minimum absolute atomic E-state index is 0.171. The van der Waals surface area contributed by atoms with Gasteiger partial charge >= 0.3 is 0 Å². The Morgan fingerprint density at radius 3 is 1.83 bits per heavy atom. The molecule has 0 aromatic heterocycles. The fraction of sp³-hybridized carbons (Fsp3) is 0.333. The first kappa shape index (κ1) is 24.6. The number of hydrogen-bond donors (Lipinski definition) is 1. The van der Waals surface area contributed by atoms with Crippen molar-refractivity contribution < 1.29 is 13.5 Å². The number of para-hydroxylation sites is 1. The number of benzene rings is 3. The molecule has 0 amide bonds. The largest absolute Gasteiger partial charge is 0.385 e. The number of halogens is 2. The number of rotatable bonds is 7. The average molecular weight is 532 g/mol. The lowest BCUT2D eigenvalue weighted by Crippen LogP contribution is -2.66. The van der Waals surface area contributed by atoms with Gasteiger partial charge in [0.15, 0.2) is 9.84 Å². The molecular formula is C27H28Cl2N2O3S. The summed E-state index contributed by atoms with van der Waals surface area (Å²) in [6, 6.07) is 22.6. The van der Waals surface area contributed by atoms with E-state index in [1.165, 1.54) is 6.26 Å². The zero-order valence-corrected chi connectivity index (χ0v) is 21.8. The minimum atomic E-state index is -3.60. The van der Waals surface area contributed by atoms with Crippen molar-refractivity contribution in [2.24, 2.45) is 0 Å². The van der Waals surface area contributed by atoms with Gasteiger partial charge in [0.2, 0.25) is 0 Å². The molecule has 2 fully saturated rings. The molecule has 3 aromatic rings. The molecule has 8 heteroatoms. The van der Waals surface area contributed by atoms with E-state index in [0.717, 1.165) is 36.3 Å². The molecule has 35 heavy (non-hydrogen) atoms. The Hall–Kier alpha value is -2.09. The van der Waals surface area contributed by atoms with Gasteiger partial charge in [-0.1, -0.05) is 65.7 Å². The van der Waals surface area contributed by atoms with Gasteiger partial charge in [0.25, 0.3) is 0 Å². The number of aliphatic hydroxyl groups is 1. The quantitative estimate of drug-likeness (QED) is 0.459. The molecule has 1 unspecified atom stereocenters. The summed E-state index contributed by atoms with van der Waals surface area (Å²) in [4.78, 5) is 4.29. The minimum Gasteiger partial charge on any atom is -0.385 e. The van der Waals surface area contributed by atoms with Crippen molar-refractivity contribution in [1.82, 2.24) is 4.90 Å². The van der Waals surface area contributed by atoms with Gasteiger partial charge in [0, 0.05) is 48.2 Å². The summed E-state index contributed by atoms with van der Waals surface area (Å²) in [6.45, 7) is 2.23. The Bertz CT molecular complexity index is 1260. The van der Waals surface area contributed by atoms with Gasteiger partial charge in [-0.3, -0.25) is 4.90 Å². The molecule has 0 bridgehead atoms. The number of likely N-dealkylation sites (tertiary alicyclic amines) is 1. The molecule has 0 radical (unpaired) electrons. The van der Waals surface area contributed by atoms with Crippen LogP contribution < -0.4 is 4.90 Å². The van der Waals surface area contributed by atoms with Gasteiger partial charge in [-0.2, -0.15) is 0 Å². The van der Waals surface area contributed by atoms with Crippen LogP contribution in [0.3, 0.4) is 0 Å². The monoisotopic (exact) mass is 530 g/mol. The lowest BCUT2D eigenvalue weighted by atomic mass is 9.82. The molecule has 1 atom stereocenters. The first-order valence-corrected chi connectivity index (χ1v) is 14.4. The maximum Gasteiger partial charge on any atom is 0.157 e. The first-order chi connectivity index (χ1) is 16.7. The predicted octanol–water partition coefficient (Wildman–Crippen LogP) is 5.13. The Morgan fingerprint density at radius 1 is 0.857 bits per heavy atom. The van der Waals surface area contributed by atoms with E-state index >= 15 is 0 Å². The molecule has 5 nitrogen and oxygen atoms in total. The van der Waals surface area contributed by atoms with Crippen LogP contribution in [0.15, 0.2) is 72.8 Å². The molecule has 3 aromatic carbocycles. The van der Waals surface area contributed by atoms with Crippen molar-refractivity contribution in [2.75, 3.05) is 37.3 Å². The van der Waals surface area contributed by atoms with Crippen molar-refractivity contribution in [3.05, 3.63) is 99.5 Å². The van der Waals surface area contributed by atoms with Crippen molar-refractivity contribution in [2.45, 2.75) is 23.3 Å². The fourth-order valence-corrected chi connectivity index (χ4v) is 7.24. The third-order valence-electron chi connectivity index (χ3n) is 7.02. The van der Waals surface area contributed by atoms with E-state index in [9.17, 15) is 13.5 Å². The Morgan fingerprint density at radius 2 is 1.37 bits per heavy atom. The lowest BCUT2D eigenvalue weighted by Gasteiger charge is -2.53. The molecular weight excluding hydrogens is 503 g/mol. The molecule has 2 aliphatic rings. The third-order valence-corrected chi connectivity index (χ3v) is 9.08. The van der Waals surface area contributed by atoms with Crippen LogP contribution in [0.5, 0.6) is 0 Å². The van der Waals surface area contributed by atoms with E-state index in [0.29, 0.717) is 15.6 Å². The molecule has 0 aliphatic carbocycles. The van der Waals surface area contributed by atoms with Gasteiger partial charge in [0.05, 0.1) is 6.04 Å². The summed E-state index contributed by atoms with van der Waals surface area (Å²) < 4.78 is 26.2. The van der Waals surface area contributed by atoms with E-state index in [-0.39, 0.29) is 19.1 Å². The number of nitrogens with zero attached hydrogens (tertiary/aromatic N) is 2. The summed E-state index contributed by atoms with van der Waals surface area (Å²) in [5.41, 5.74) is 2.18. The van der Waals surface area contributed by atoms with Crippen molar-refractivity contribution in [3.63, 3.8) is 0 Å². The number of β-amino-alcohol motifs (C(OH)–C–C–N with tert-alkyl or cyclic N) is 1. The van der Waals surface area contributed by atoms with Crippen molar-refractivity contribution in [3.8, 4) is 0 Å². The van der Waals surface area contributed by atoms with Crippen LogP contribution in [-0.4, -0.2) is 56.5 Å². The van der Waals surface area contributed by atoms with Crippen molar-refractivity contribution in [1.29, 1.82) is 0 Å². The molecule has 1 N–H and O–H groups in total. The Kier molecular flexibility index (Phi) is 6.62. The first-order valence-electron chi connectivity index (χ1n) is 11.7. The van der Waals surface area contributed by atoms with E-state index in [1.54, 1.807) is 0 Å². The van der Waals surface area contributed by atoms with Gasteiger partial charge < -0.3 is 10.0 Å². The highest BCUT2D eigenvalue weighted by Gasteiger charge is 2.55. The highest BCUT2D eigenvalue weighted by molar-refractivity contribution is 7.91. The lowest BCUT2D eigenvalue weighted by molar-refractivity contribution is -0.112. The number of hydrogen-bond acceptors (Lipinski definition) is 5. The smallest absolute Gasteiger partial charge is 0.157 e. The van der Waals surface area contributed by atoms with Gasteiger partial charge in [-0.05, 0) is 53.4 Å². The topological polar surface area (TPSA) is 60.9 Å². The maximum absolute atomic E-state index is 13.1. The number of anilines is 1. The molecule has 0 spiro atoms. The summed E-state index contributed by atoms with van der Waals surface area (Å²) >= 11 is 12.3. The summed E-state index contributed by atoms with van der Waals surface area (Å²) in [7, 11) is -3.60. The Balaban J connectivity index is 1.49. The predicted molar refractivity (Wildman–Crippen MR) is 142 cm³/mol. The highest BCUT2D eigenvalue weighted by atomic mass is 35.5.